The molecule has 1 aromatic heterocycles. The minimum Gasteiger partial charge on any atom is -0.481 e. The average molecular weight is 648 g/mol. The summed E-state index contributed by atoms with van der Waals surface area (Å²) in [5, 5.41) is 9.32. The van der Waals surface area contributed by atoms with E-state index in [1.165, 1.54) is 17.5 Å². The first-order valence-electron chi connectivity index (χ1n) is 15.1. The van der Waals surface area contributed by atoms with Crippen molar-refractivity contribution in [3.8, 4) is 16.9 Å². The molecule has 0 aliphatic heterocycles. The van der Waals surface area contributed by atoms with Gasteiger partial charge in [0.2, 0.25) is 0 Å². The molecule has 1 unspecified atom stereocenters. The highest BCUT2D eigenvalue weighted by molar-refractivity contribution is 7.96. The minimum atomic E-state index is -0.896. The van der Waals surface area contributed by atoms with Gasteiger partial charge in [0.1, 0.15) is 17.3 Å². The monoisotopic (exact) mass is 647 g/mol. The summed E-state index contributed by atoms with van der Waals surface area (Å²) in [6.45, 7) is 16.3. The van der Waals surface area contributed by atoms with E-state index in [9.17, 15) is 9.90 Å². The zero-order valence-electron chi connectivity index (χ0n) is 27.4. The molecule has 3 rings (SSSR count). The van der Waals surface area contributed by atoms with Gasteiger partial charge >= 0.3 is 5.97 Å². The van der Waals surface area contributed by atoms with Crippen LogP contribution in [0.3, 0.4) is 0 Å². The fourth-order valence-corrected chi connectivity index (χ4v) is 5.09. The average Bonchev–Trinajstić information content (AvgIpc) is 3.46. The van der Waals surface area contributed by atoms with Crippen LogP contribution in [0.1, 0.15) is 58.6 Å². The Morgan fingerprint density at radius 3 is 2.29 bits per heavy atom. The molecular weight excluding hydrogens is 602 g/mol. The summed E-state index contributed by atoms with van der Waals surface area (Å²) in [7, 11) is 0. The number of carboxylic acid groups (broad SMARTS) is 1. The molecule has 0 amide bonds. The van der Waals surface area contributed by atoms with Crippen molar-refractivity contribution in [3.05, 3.63) is 126 Å². The van der Waals surface area contributed by atoms with Crippen molar-refractivity contribution in [2.75, 3.05) is 12.1 Å². The lowest BCUT2D eigenvalue weighted by atomic mass is 10.0. The Bertz CT molecular complexity index is 1520. The lowest BCUT2D eigenvalue weighted by Crippen LogP contribution is -2.15. The molecule has 1 atom stereocenters. The third-order valence-corrected chi connectivity index (χ3v) is 7.42. The van der Waals surface area contributed by atoms with Gasteiger partial charge in [0, 0.05) is 36.9 Å². The number of allylic oxidation sites excluding steroid dienone is 6. The second kappa shape index (κ2) is 19.4. The van der Waals surface area contributed by atoms with Gasteiger partial charge in [0.15, 0.2) is 0 Å². The number of hydrogen-bond donors (Lipinski definition) is 2. The number of aromatic nitrogens is 2. The minimum absolute atomic E-state index is 0.447. The van der Waals surface area contributed by atoms with E-state index in [1.807, 2.05) is 76.4 Å². The molecule has 3 aromatic rings. The molecule has 0 bridgehead atoms. The zero-order chi connectivity index (χ0) is 33.4. The van der Waals surface area contributed by atoms with Gasteiger partial charge in [-0.25, -0.2) is 4.98 Å². The number of nitrogens with zero attached hydrogens (tertiary/aromatic N) is 2. The predicted octanol–water partition coefficient (Wildman–Crippen LogP) is 9.70. The van der Waals surface area contributed by atoms with Crippen molar-refractivity contribution in [1.82, 2.24) is 14.3 Å². The maximum atomic E-state index is 11.4. The van der Waals surface area contributed by atoms with Gasteiger partial charge < -0.3 is 19.1 Å². The number of carbonyl (C=O) groups is 1. The molecule has 0 saturated carbocycles. The molecule has 2 aromatic carbocycles. The van der Waals surface area contributed by atoms with Crippen molar-refractivity contribution in [2.24, 2.45) is 5.92 Å². The van der Waals surface area contributed by atoms with Crippen LogP contribution < -0.4 is 9.46 Å². The van der Waals surface area contributed by atoms with Crippen molar-refractivity contribution < 1.29 is 14.6 Å². The molecule has 0 aliphatic carbocycles. The molecule has 0 spiro atoms. The van der Waals surface area contributed by atoms with Crippen LogP contribution in [0.4, 0.5) is 0 Å². The number of carboxylic acids is 1. The van der Waals surface area contributed by atoms with Crippen molar-refractivity contribution >= 4 is 35.1 Å². The number of aliphatic carboxylic acids is 1. The van der Waals surface area contributed by atoms with Crippen LogP contribution in [-0.4, -0.2) is 32.8 Å². The first-order valence-corrected chi connectivity index (χ1v) is 16.9. The van der Waals surface area contributed by atoms with Crippen LogP contribution in [-0.2, 0) is 17.8 Å². The smallest absolute Gasteiger partial charge is 0.310 e. The lowest BCUT2D eigenvalue weighted by molar-refractivity contribution is -0.139. The summed E-state index contributed by atoms with van der Waals surface area (Å²) in [5.41, 5.74) is 6.97. The number of hydrogen-bond acceptors (Lipinski definition) is 5. The summed E-state index contributed by atoms with van der Waals surface area (Å²) in [6, 6.07) is 16.4. The van der Waals surface area contributed by atoms with Gasteiger partial charge in [-0.15, -0.1) is 11.6 Å². The van der Waals surface area contributed by atoms with Crippen LogP contribution in [0.25, 0.3) is 16.7 Å². The van der Waals surface area contributed by atoms with Crippen LogP contribution in [0.5, 0.6) is 5.75 Å². The Balaban J connectivity index is 0.00000345. The number of ether oxygens (including phenoxy) is 1. The SMILES string of the molecule is C=C/C=C(\C(C)=C/CCl)c1cn(CC)c(Cc2ccc(-c3ccc(OC(=C/C)/C(=C\C(C)C(=O)O)NSC)cc3)cc2)n1.CC. The number of imidazole rings is 1. The molecule has 1 heterocycles. The topological polar surface area (TPSA) is 76.4 Å². The van der Waals surface area contributed by atoms with E-state index in [0.29, 0.717) is 29.5 Å². The molecule has 0 saturated heterocycles. The quantitative estimate of drug-likeness (QED) is 0.0740. The summed E-state index contributed by atoms with van der Waals surface area (Å²) < 4.78 is 11.4. The van der Waals surface area contributed by atoms with Gasteiger partial charge in [-0.3, -0.25) is 4.79 Å². The molecule has 6 nitrogen and oxygen atoms in total. The molecule has 0 aliphatic rings. The van der Waals surface area contributed by atoms with E-state index >= 15 is 0 Å². The van der Waals surface area contributed by atoms with Gasteiger partial charge in [-0.05, 0) is 74.2 Å². The van der Waals surface area contributed by atoms with E-state index in [4.69, 9.17) is 21.3 Å². The maximum absolute atomic E-state index is 11.4. The number of alkyl halides is 1. The molecule has 0 radical (unpaired) electrons. The standard InChI is InChI=1S/C35H40ClN3O3S.C2H6/c1-7-10-30(24(4)19-20-36)32-23-39(9-3)34(37-32)22-26-11-13-27(14-12-26)28-15-17-29(18-16-28)42-33(8-2)31(38-43-6)21-25(5)35(40)41;1-2/h7-8,10-19,21,23,25,38H,1,9,20,22H2,2-6H3,(H,40,41);1-2H3/b24-19-,30-10+,31-21+,33-8+;. The number of rotatable bonds is 15. The van der Waals surface area contributed by atoms with Crippen molar-refractivity contribution in [2.45, 2.75) is 54.5 Å². The second-order valence-electron chi connectivity index (χ2n) is 9.85. The van der Waals surface area contributed by atoms with E-state index in [2.05, 4.69) is 53.3 Å². The molecule has 2 N–H and O–H groups in total. The van der Waals surface area contributed by atoms with E-state index in [0.717, 1.165) is 40.3 Å². The first kappa shape index (κ1) is 37.2. The predicted molar refractivity (Wildman–Crippen MR) is 193 cm³/mol. The molecule has 8 heteroatoms. The Labute approximate surface area is 278 Å². The van der Waals surface area contributed by atoms with Gasteiger partial charge in [-0.1, -0.05) is 87.0 Å². The van der Waals surface area contributed by atoms with Crippen molar-refractivity contribution in [3.63, 3.8) is 0 Å². The number of halogens is 1. The Kier molecular flexibility index (Phi) is 16.1. The number of aryl methyl sites for hydroxylation is 1. The van der Waals surface area contributed by atoms with Crippen LogP contribution in [0.15, 0.2) is 109 Å². The fraction of sp³-hybridized carbons (Fsp3) is 0.297. The highest BCUT2D eigenvalue weighted by atomic mass is 35.5. The highest BCUT2D eigenvalue weighted by Gasteiger charge is 2.15. The largest absolute Gasteiger partial charge is 0.481 e. The normalized spacial score (nSPS) is 13.1. The van der Waals surface area contributed by atoms with E-state index in [1.54, 1.807) is 19.1 Å². The number of nitrogens with one attached hydrogen (secondary N) is 1. The van der Waals surface area contributed by atoms with Gasteiger partial charge in [-0.2, -0.15) is 0 Å². The molecular formula is C37H46ClN3O3S. The fourth-order valence-electron chi connectivity index (χ4n) is 4.47. The van der Waals surface area contributed by atoms with Crippen LogP contribution in [0.2, 0.25) is 0 Å². The van der Waals surface area contributed by atoms with Crippen LogP contribution in [0, 0.1) is 5.92 Å². The Morgan fingerprint density at radius 1 is 1.16 bits per heavy atom. The number of benzene rings is 2. The summed E-state index contributed by atoms with van der Waals surface area (Å²) >= 11 is 7.33. The molecule has 0 fully saturated rings. The third-order valence-electron chi connectivity index (χ3n) is 6.85. The highest BCUT2D eigenvalue weighted by Crippen LogP contribution is 2.27. The summed E-state index contributed by atoms with van der Waals surface area (Å²) in [6.07, 6.45) is 13.9. The molecule has 240 valence electrons. The Morgan fingerprint density at radius 2 is 1.78 bits per heavy atom. The van der Waals surface area contributed by atoms with Crippen LogP contribution >= 0.6 is 23.5 Å². The lowest BCUT2D eigenvalue weighted by Gasteiger charge is -2.15. The maximum Gasteiger partial charge on any atom is 0.310 e. The zero-order valence-corrected chi connectivity index (χ0v) is 29.0. The molecule has 45 heavy (non-hydrogen) atoms. The summed E-state index contributed by atoms with van der Waals surface area (Å²) in [4.78, 5) is 16.3. The Hall–Kier alpha value is -3.94. The van der Waals surface area contributed by atoms with E-state index in [-0.39, 0.29) is 0 Å². The van der Waals surface area contributed by atoms with E-state index < -0.39 is 11.9 Å². The van der Waals surface area contributed by atoms with Gasteiger partial charge in [0.05, 0.1) is 17.3 Å². The second-order valence-corrected chi connectivity index (χ2v) is 10.8. The third kappa shape index (κ3) is 10.9. The van der Waals surface area contributed by atoms with Gasteiger partial charge in [0.25, 0.3) is 0 Å². The summed E-state index contributed by atoms with van der Waals surface area (Å²) in [5.74, 6) is 1.12. The van der Waals surface area contributed by atoms with Crippen molar-refractivity contribution in [1.29, 1.82) is 0 Å². The first-order chi connectivity index (χ1) is 21.7.